The number of aromatic amines is 1. The summed E-state index contributed by atoms with van der Waals surface area (Å²) in [4.78, 5) is 63.4. The van der Waals surface area contributed by atoms with Gasteiger partial charge in [-0.2, -0.15) is 12.9 Å². The Labute approximate surface area is 203 Å². The van der Waals surface area contributed by atoms with Crippen LogP contribution in [0.5, 0.6) is 0 Å². The lowest BCUT2D eigenvalue weighted by molar-refractivity contribution is -0.745. The third kappa shape index (κ3) is 7.37. The second-order valence-corrected chi connectivity index (χ2v) is 13.3. The number of phosphoric ester groups is 1. The minimum Gasteiger partial charge on any atom is -0.387 e. The number of aliphatic hydroxyl groups excluding tert-OH is 2. The van der Waals surface area contributed by atoms with E-state index in [1.54, 1.807) is 0 Å². The van der Waals surface area contributed by atoms with Crippen LogP contribution in [0.1, 0.15) is 6.23 Å². The maximum atomic E-state index is 12.2. The SMILES string of the molecule is Cn1c[n+]([C@@H]2O[C@H](COP(=O)(O)OP(=O)(O)OP(=O)(O)OP(=O)(O)O)[C@@H](O)[C@H]2O)c2nc(N)[nH]c(=O)c21. The van der Waals surface area contributed by atoms with Crippen molar-refractivity contribution in [2.75, 3.05) is 12.3 Å². The molecule has 37 heavy (non-hydrogen) atoms. The number of hydrogen-bond acceptors (Lipinski definition) is 14. The second-order valence-electron chi connectivity index (χ2n) is 7.24. The van der Waals surface area contributed by atoms with E-state index in [0.29, 0.717) is 0 Å². The molecule has 2 aromatic heterocycles. The molecule has 0 spiro atoms. The van der Waals surface area contributed by atoms with Gasteiger partial charge in [-0.1, -0.05) is 4.98 Å². The zero-order valence-corrected chi connectivity index (χ0v) is 21.6. The predicted molar refractivity (Wildman–Crippen MR) is 113 cm³/mol. The van der Waals surface area contributed by atoms with Crippen molar-refractivity contribution in [1.82, 2.24) is 14.5 Å². The van der Waals surface area contributed by atoms with Crippen LogP contribution in [-0.4, -0.2) is 74.1 Å². The highest BCUT2D eigenvalue weighted by molar-refractivity contribution is 7.69. The first-order chi connectivity index (χ1) is 16.7. The molecule has 22 nitrogen and oxygen atoms in total. The number of nitrogens with one attached hydrogen (secondary N) is 1. The smallest absolute Gasteiger partial charge is 0.387 e. The monoisotopic (exact) mass is 618 g/mol. The molecule has 0 radical (unpaired) electrons. The molecule has 0 bridgehead atoms. The number of hydrogen-bond donors (Lipinski definition) is 9. The van der Waals surface area contributed by atoms with Gasteiger partial charge in [0, 0.05) is 0 Å². The zero-order valence-electron chi connectivity index (χ0n) is 18.0. The summed E-state index contributed by atoms with van der Waals surface area (Å²) in [5.41, 5.74) is 4.84. The summed E-state index contributed by atoms with van der Waals surface area (Å²) < 4.78 is 68.4. The van der Waals surface area contributed by atoms with Gasteiger partial charge in [0.1, 0.15) is 18.3 Å². The Morgan fingerprint density at radius 3 is 2.22 bits per heavy atom. The van der Waals surface area contributed by atoms with Crippen molar-refractivity contribution in [1.29, 1.82) is 0 Å². The molecule has 0 saturated carbocycles. The van der Waals surface area contributed by atoms with Crippen LogP contribution in [0.25, 0.3) is 11.2 Å². The first kappa shape index (κ1) is 30.1. The highest BCUT2D eigenvalue weighted by Crippen LogP contribution is 2.70. The van der Waals surface area contributed by atoms with E-state index in [2.05, 4.69) is 27.4 Å². The number of aliphatic hydroxyl groups is 2. The van der Waals surface area contributed by atoms with Gasteiger partial charge in [-0.05, 0) is 0 Å². The molecule has 3 unspecified atom stereocenters. The van der Waals surface area contributed by atoms with Gasteiger partial charge in [0.2, 0.25) is 11.7 Å². The van der Waals surface area contributed by atoms with Crippen LogP contribution in [0.15, 0.2) is 11.1 Å². The lowest BCUT2D eigenvalue weighted by Gasteiger charge is -2.20. The minimum absolute atomic E-state index is 0.00931. The van der Waals surface area contributed by atoms with Crippen LogP contribution in [0, 0.1) is 0 Å². The van der Waals surface area contributed by atoms with E-state index in [-0.39, 0.29) is 17.1 Å². The van der Waals surface area contributed by atoms with Gasteiger partial charge < -0.3 is 45.2 Å². The number of aryl methyl sites for hydroxylation is 1. The summed E-state index contributed by atoms with van der Waals surface area (Å²) in [5.74, 6) is -0.280. The standard InChI is InChI=1S/C11H19N5O17P4/c1-15-3-16(8-5(15)9(19)14-11(12)13-8)10-7(18)6(17)4(30-10)2-29-35(23,24)32-37(27,28)33-36(25,26)31-34(20,21)22/h3-4,6-7,10,17-18H,2H2,1H3,(H7-,12,13,14,19,20,21,22,23,24,25,26,27,28)/p+1/t4-,6-,7-,10-/m1/s1. The third-order valence-corrected chi connectivity index (χ3v) is 9.88. The van der Waals surface area contributed by atoms with Crippen molar-refractivity contribution in [3.63, 3.8) is 0 Å². The van der Waals surface area contributed by atoms with Crippen molar-refractivity contribution in [3.8, 4) is 0 Å². The Morgan fingerprint density at radius 2 is 1.62 bits per heavy atom. The van der Waals surface area contributed by atoms with Crippen molar-refractivity contribution in [2.24, 2.45) is 7.05 Å². The van der Waals surface area contributed by atoms with Gasteiger partial charge in [0.15, 0.2) is 6.33 Å². The molecule has 1 fully saturated rings. The summed E-state index contributed by atoms with van der Waals surface area (Å²) >= 11 is 0. The zero-order chi connectivity index (χ0) is 28.1. The number of phosphoric acid groups is 4. The molecule has 7 atom stereocenters. The minimum atomic E-state index is -6.04. The van der Waals surface area contributed by atoms with Crippen LogP contribution in [0.2, 0.25) is 0 Å². The molecular weight excluding hydrogens is 598 g/mol. The largest absolute Gasteiger partial charge is 0.490 e. The average molecular weight is 618 g/mol. The van der Waals surface area contributed by atoms with Crippen LogP contribution >= 0.6 is 31.3 Å². The van der Waals surface area contributed by atoms with Gasteiger partial charge in [-0.25, -0.2) is 22.8 Å². The van der Waals surface area contributed by atoms with Crippen LogP contribution in [0.3, 0.4) is 0 Å². The maximum absolute atomic E-state index is 12.2. The fourth-order valence-corrected chi connectivity index (χ4v) is 7.63. The molecule has 26 heteroatoms. The van der Waals surface area contributed by atoms with Crippen molar-refractivity contribution in [2.45, 2.75) is 24.5 Å². The molecule has 1 aliphatic heterocycles. The molecule has 3 heterocycles. The Hall–Kier alpha value is -1.41. The molecule has 210 valence electrons. The Morgan fingerprint density at radius 1 is 1.05 bits per heavy atom. The fourth-order valence-electron chi connectivity index (χ4n) is 3.17. The summed E-state index contributed by atoms with van der Waals surface area (Å²) in [6.45, 7) is -1.10. The highest BCUT2D eigenvalue weighted by Gasteiger charge is 2.49. The first-order valence-electron chi connectivity index (χ1n) is 9.30. The van der Waals surface area contributed by atoms with Gasteiger partial charge >= 0.3 is 36.9 Å². The summed E-state index contributed by atoms with van der Waals surface area (Å²) in [6.07, 6.45) is -5.33. The first-order valence-corrected chi connectivity index (χ1v) is 15.3. The number of nitrogens with zero attached hydrogens (tertiary/aromatic N) is 3. The van der Waals surface area contributed by atoms with Crippen LogP contribution < -0.4 is 15.9 Å². The number of H-pyrrole nitrogens is 1. The van der Waals surface area contributed by atoms with E-state index in [1.165, 1.54) is 17.9 Å². The molecule has 2 aromatic rings. The number of ether oxygens (including phenoxy) is 1. The van der Waals surface area contributed by atoms with E-state index in [1.807, 2.05) is 0 Å². The quantitative estimate of drug-likeness (QED) is 0.0959. The molecule has 10 N–H and O–H groups in total. The Kier molecular flexibility index (Phi) is 8.38. The second kappa shape index (κ2) is 10.3. The van der Waals surface area contributed by atoms with Crippen LogP contribution in [-0.2, 0) is 47.5 Å². The van der Waals surface area contributed by atoms with Gasteiger partial charge in [0.05, 0.1) is 13.7 Å². The lowest BCUT2D eigenvalue weighted by atomic mass is 10.1. The molecule has 0 aromatic carbocycles. The number of imidazole rings is 1. The van der Waals surface area contributed by atoms with E-state index in [0.717, 1.165) is 4.57 Å². The van der Waals surface area contributed by atoms with Crippen LogP contribution in [0.4, 0.5) is 5.95 Å². The van der Waals surface area contributed by atoms with Crippen molar-refractivity contribution < 1.29 is 79.7 Å². The lowest BCUT2D eigenvalue weighted by Crippen LogP contribution is -2.46. The maximum Gasteiger partial charge on any atom is 0.490 e. The number of aromatic nitrogens is 4. The Balaban J connectivity index is 1.71. The summed E-state index contributed by atoms with van der Waals surface area (Å²) in [5, 5.41) is 20.7. The highest BCUT2D eigenvalue weighted by atomic mass is 31.3. The predicted octanol–water partition coefficient (Wildman–Crippen LogP) is -2.79. The summed E-state index contributed by atoms with van der Waals surface area (Å²) in [7, 11) is -21.9. The Bertz CT molecular complexity index is 1430. The molecule has 3 rings (SSSR count). The number of nitrogen functional groups attached to an aromatic ring is 1. The molecule has 0 amide bonds. The van der Waals surface area contributed by atoms with E-state index < -0.39 is 68.0 Å². The van der Waals surface area contributed by atoms with Crippen molar-refractivity contribution in [3.05, 3.63) is 16.7 Å². The fraction of sp³-hybridized carbons (Fsp3) is 0.545. The van der Waals surface area contributed by atoms with Crippen molar-refractivity contribution >= 4 is 48.4 Å². The van der Waals surface area contributed by atoms with E-state index in [9.17, 15) is 43.1 Å². The molecule has 1 saturated heterocycles. The number of anilines is 1. The van der Waals surface area contributed by atoms with E-state index in [4.69, 9.17) is 25.2 Å². The van der Waals surface area contributed by atoms with E-state index >= 15 is 0 Å². The average Bonchev–Trinajstić information content (AvgIpc) is 3.13. The third-order valence-electron chi connectivity index (χ3n) is 4.43. The molecule has 0 aliphatic carbocycles. The number of nitrogens with two attached hydrogens (primary N) is 1. The van der Waals surface area contributed by atoms with Gasteiger partial charge in [0.25, 0.3) is 11.5 Å². The number of rotatable bonds is 10. The summed E-state index contributed by atoms with van der Waals surface area (Å²) in [6, 6.07) is 0. The molecular formula is C11H20N5O17P4+. The number of fused-ring (bicyclic) bond motifs is 1. The van der Waals surface area contributed by atoms with Gasteiger partial charge in [-0.15, -0.1) is 0 Å². The topological polar surface area (TPSA) is 337 Å². The van der Waals surface area contributed by atoms with Gasteiger partial charge in [-0.3, -0.25) is 18.9 Å². The normalized spacial score (nSPS) is 27.6. The molecule has 1 aliphatic rings.